The van der Waals surface area contributed by atoms with Gasteiger partial charge in [0.1, 0.15) is 0 Å². The van der Waals surface area contributed by atoms with E-state index in [1.165, 1.54) is 89.9 Å². The van der Waals surface area contributed by atoms with Crippen LogP contribution in [0.2, 0.25) is 0 Å². The fourth-order valence-electron chi connectivity index (χ4n) is 2.80. The topological polar surface area (TPSA) is 38.0 Å². The molecule has 0 fully saturated rings. The zero-order chi connectivity index (χ0) is 17.0. The van der Waals surface area contributed by atoms with Crippen LogP contribution in [0.25, 0.3) is 0 Å². The van der Waals surface area contributed by atoms with Crippen LogP contribution in [0, 0.1) is 0 Å². The molecule has 0 aromatic rings. The van der Waals surface area contributed by atoms with Gasteiger partial charge in [0.05, 0.1) is 0 Å². The summed E-state index contributed by atoms with van der Waals surface area (Å²) >= 11 is 0. The number of rotatable bonds is 18. The van der Waals surface area contributed by atoms with Crippen LogP contribution in [0.5, 0.6) is 0 Å². The fourth-order valence-corrected chi connectivity index (χ4v) is 2.80. The Kier molecular flexibility index (Phi) is 19.4. The van der Waals surface area contributed by atoms with E-state index in [1.807, 2.05) is 0 Å². The average Bonchev–Trinajstić information content (AvgIpc) is 2.57. The average molecular weight is 325 g/mol. The summed E-state index contributed by atoms with van der Waals surface area (Å²) in [6.45, 7) is 6.30. The van der Waals surface area contributed by atoms with Gasteiger partial charge >= 0.3 is 0 Å². The Morgan fingerprint density at radius 1 is 0.739 bits per heavy atom. The van der Waals surface area contributed by atoms with Crippen LogP contribution in [0.1, 0.15) is 104 Å². The summed E-state index contributed by atoms with van der Waals surface area (Å²) < 4.78 is 0. The van der Waals surface area contributed by atoms with E-state index in [0.29, 0.717) is 6.04 Å². The van der Waals surface area contributed by atoms with E-state index in [4.69, 9.17) is 5.73 Å². The number of hydrogen-bond donors (Lipinski definition) is 2. The summed E-state index contributed by atoms with van der Waals surface area (Å²) in [5.41, 5.74) is 5.58. The largest absolute Gasteiger partial charge is 0.329 e. The zero-order valence-corrected chi connectivity index (χ0v) is 16.1. The standard InChI is InChI=1S/C21H44N2/c1-3-4-5-6-7-8-9-10-11-12-13-14-15-16-17-18-19-23-21(2)20-22/h10-11,21,23H,3-9,12-20,22H2,1-2H3/b11-10-. The van der Waals surface area contributed by atoms with E-state index in [2.05, 4.69) is 31.3 Å². The number of unbranched alkanes of at least 4 members (excludes halogenated alkanes) is 12. The highest BCUT2D eigenvalue weighted by molar-refractivity contribution is 4.81. The summed E-state index contributed by atoms with van der Waals surface area (Å²) in [6, 6.07) is 0.470. The fraction of sp³-hybridized carbons (Fsp3) is 0.905. The van der Waals surface area contributed by atoms with Gasteiger partial charge in [-0.2, -0.15) is 0 Å². The van der Waals surface area contributed by atoms with Crippen LogP contribution in [-0.2, 0) is 0 Å². The molecule has 2 heteroatoms. The molecule has 1 unspecified atom stereocenters. The molecule has 0 spiro atoms. The molecule has 0 bridgehead atoms. The normalized spacial score (nSPS) is 13.0. The predicted octanol–water partition coefficient (Wildman–Crippen LogP) is 5.96. The van der Waals surface area contributed by atoms with Crippen molar-refractivity contribution >= 4 is 0 Å². The first kappa shape index (κ1) is 22.7. The molecular formula is C21H44N2. The summed E-state index contributed by atoms with van der Waals surface area (Å²) in [5.74, 6) is 0. The Morgan fingerprint density at radius 2 is 1.22 bits per heavy atom. The second kappa shape index (κ2) is 19.7. The van der Waals surface area contributed by atoms with Crippen molar-refractivity contribution in [3.05, 3.63) is 12.2 Å². The van der Waals surface area contributed by atoms with Gasteiger partial charge in [-0.1, -0.05) is 76.9 Å². The van der Waals surface area contributed by atoms with Gasteiger partial charge in [0.25, 0.3) is 0 Å². The van der Waals surface area contributed by atoms with Crippen molar-refractivity contribution in [2.75, 3.05) is 13.1 Å². The number of nitrogens with one attached hydrogen (secondary N) is 1. The van der Waals surface area contributed by atoms with Crippen LogP contribution < -0.4 is 11.1 Å². The van der Waals surface area contributed by atoms with Gasteiger partial charge in [-0.25, -0.2) is 0 Å². The smallest absolute Gasteiger partial charge is 0.0161 e. The Labute approximate surface area is 146 Å². The molecule has 3 N–H and O–H groups in total. The highest BCUT2D eigenvalue weighted by atomic mass is 14.9. The van der Waals surface area contributed by atoms with E-state index in [-0.39, 0.29) is 0 Å². The maximum atomic E-state index is 5.58. The molecule has 0 aromatic heterocycles. The molecule has 2 nitrogen and oxygen atoms in total. The monoisotopic (exact) mass is 324 g/mol. The van der Waals surface area contributed by atoms with Crippen molar-refractivity contribution in [1.29, 1.82) is 0 Å². The lowest BCUT2D eigenvalue weighted by molar-refractivity contribution is 0.517. The van der Waals surface area contributed by atoms with Crippen LogP contribution in [-0.4, -0.2) is 19.1 Å². The lowest BCUT2D eigenvalue weighted by atomic mass is 10.1. The summed E-state index contributed by atoms with van der Waals surface area (Å²) in [5, 5.41) is 3.45. The first-order chi connectivity index (χ1) is 11.3. The van der Waals surface area contributed by atoms with E-state index < -0.39 is 0 Å². The molecule has 0 aliphatic heterocycles. The third-order valence-corrected chi connectivity index (χ3v) is 4.53. The quantitative estimate of drug-likeness (QED) is 0.241. The lowest BCUT2D eigenvalue weighted by Crippen LogP contribution is -2.33. The number of nitrogens with two attached hydrogens (primary N) is 1. The minimum Gasteiger partial charge on any atom is -0.329 e. The maximum absolute atomic E-state index is 5.58. The predicted molar refractivity (Wildman–Crippen MR) is 106 cm³/mol. The number of hydrogen-bond acceptors (Lipinski definition) is 2. The van der Waals surface area contributed by atoms with Crippen molar-refractivity contribution in [2.45, 2.75) is 110 Å². The van der Waals surface area contributed by atoms with Crippen molar-refractivity contribution in [3.8, 4) is 0 Å². The first-order valence-electron chi connectivity index (χ1n) is 10.4. The van der Waals surface area contributed by atoms with Crippen LogP contribution in [0.15, 0.2) is 12.2 Å². The minimum absolute atomic E-state index is 0.470. The van der Waals surface area contributed by atoms with Gasteiger partial charge in [-0.05, 0) is 45.6 Å². The van der Waals surface area contributed by atoms with Crippen molar-refractivity contribution < 1.29 is 0 Å². The molecule has 138 valence electrons. The minimum atomic E-state index is 0.470. The second-order valence-electron chi connectivity index (χ2n) is 7.03. The Morgan fingerprint density at radius 3 is 1.74 bits per heavy atom. The van der Waals surface area contributed by atoms with Gasteiger partial charge in [-0.3, -0.25) is 0 Å². The Hall–Kier alpha value is -0.340. The molecule has 1 atom stereocenters. The van der Waals surface area contributed by atoms with E-state index in [0.717, 1.165) is 13.1 Å². The molecule has 23 heavy (non-hydrogen) atoms. The van der Waals surface area contributed by atoms with Gasteiger partial charge in [0.15, 0.2) is 0 Å². The van der Waals surface area contributed by atoms with Gasteiger partial charge in [-0.15, -0.1) is 0 Å². The SMILES string of the molecule is CCCCCCCC/C=C\CCCCCCCCNC(C)CN. The van der Waals surface area contributed by atoms with Crippen molar-refractivity contribution in [2.24, 2.45) is 5.73 Å². The van der Waals surface area contributed by atoms with Gasteiger partial charge < -0.3 is 11.1 Å². The third-order valence-electron chi connectivity index (χ3n) is 4.53. The van der Waals surface area contributed by atoms with Crippen LogP contribution in [0.4, 0.5) is 0 Å². The van der Waals surface area contributed by atoms with Gasteiger partial charge in [0.2, 0.25) is 0 Å². The Bertz CT molecular complexity index is 238. The molecule has 0 rings (SSSR count). The first-order valence-corrected chi connectivity index (χ1v) is 10.4. The summed E-state index contributed by atoms with van der Waals surface area (Å²) in [6.07, 6.45) is 24.0. The van der Waals surface area contributed by atoms with E-state index in [9.17, 15) is 0 Å². The maximum Gasteiger partial charge on any atom is 0.0161 e. The summed E-state index contributed by atoms with van der Waals surface area (Å²) in [7, 11) is 0. The molecule has 0 heterocycles. The molecular weight excluding hydrogens is 280 g/mol. The summed E-state index contributed by atoms with van der Waals surface area (Å²) in [4.78, 5) is 0. The van der Waals surface area contributed by atoms with E-state index in [1.54, 1.807) is 0 Å². The second-order valence-corrected chi connectivity index (χ2v) is 7.03. The third kappa shape index (κ3) is 19.6. The molecule has 0 saturated heterocycles. The van der Waals surface area contributed by atoms with Crippen LogP contribution in [0.3, 0.4) is 0 Å². The number of allylic oxidation sites excluding steroid dienone is 2. The molecule has 0 amide bonds. The zero-order valence-electron chi connectivity index (χ0n) is 16.1. The molecule has 0 aliphatic carbocycles. The lowest BCUT2D eigenvalue weighted by Gasteiger charge is -2.10. The van der Waals surface area contributed by atoms with E-state index >= 15 is 0 Å². The Balaban J connectivity index is 3.08. The molecule has 0 saturated carbocycles. The molecule has 0 radical (unpaired) electrons. The van der Waals surface area contributed by atoms with Crippen molar-refractivity contribution in [3.63, 3.8) is 0 Å². The highest BCUT2D eigenvalue weighted by Gasteiger charge is 1.96. The van der Waals surface area contributed by atoms with Crippen molar-refractivity contribution in [1.82, 2.24) is 5.32 Å². The van der Waals surface area contributed by atoms with Gasteiger partial charge in [0, 0.05) is 12.6 Å². The van der Waals surface area contributed by atoms with Crippen LogP contribution >= 0.6 is 0 Å². The highest BCUT2D eigenvalue weighted by Crippen LogP contribution is 2.09. The molecule has 0 aliphatic rings. The molecule has 0 aromatic carbocycles.